The number of rotatable bonds is 52. The van der Waals surface area contributed by atoms with Crippen molar-refractivity contribution in [3.8, 4) is 0 Å². The Balaban J connectivity index is 2.13. The van der Waals surface area contributed by atoms with Gasteiger partial charge in [0.15, 0.2) is 6.29 Å². The van der Waals surface area contributed by atoms with Crippen LogP contribution in [0, 0.1) is 0 Å². The summed E-state index contributed by atoms with van der Waals surface area (Å²) in [6.45, 7) is 3.63. The molecular formula is C67H115NO8. The van der Waals surface area contributed by atoms with Crippen LogP contribution in [0.1, 0.15) is 251 Å². The molecular weight excluding hydrogens is 947 g/mol. The van der Waals surface area contributed by atoms with Crippen LogP contribution in [-0.2, 0) is 14.3 Å². The minimum atomic E-state index is -1.58. The number of aliphatic hydroxyl groups excluding tert-OH is 5. The van der Waals surface area contributed by atoms with E-state index in [0.717, 1.165) is 89.9 Å². The first-order valence-electron chi connectivity index (χ1n) is 31.1. The van der Waals surface area contributed by atoms with Gasteiger partial charge in [0.1, 0.15) is 24.4 Å². The van der Waals surface area contributed by atoms with E-state index in [1.165, 1.54) is 141 Å². The highest BCUT2D eigenvalue weighted by Gasteiger charge is 2.44. The van der Waals surface area contributed by atoms with Crippen molar-refractivity contribution in [3.63, 3.8) is 0 Å². The summed E-state index contributed by atoms with van der Waals surface area (Å²) in [4.78, 5) is 13.1. The number of ether oxygens (including phenoxy) is 2. The fourth-order valence-electron chi connectivity index (χ4n) is 9.19. The van der Waals surface area contributed by atoms with Crippen molar-refractivity contribution in [2.45, 2.75) is 294 Å². The maximum atomic E-state index is 13.1. The smallest absolute Gasteiger partial charge is 0.220 e. The molecule has 1 aliphatic rings. The van der Waals surface area contributed by atoms with E-state index in [9.17, 15) is 30.3 Å². The van der Waals surface area contributed by atoms with Crippen LogP contribution in [0.25, 0.3) is 0 Å². The lowest BCUT2D eigenvalue weighted by Crippen LogP contribution is -2.60. The molecule has 1 fully saturated rings. The van der Waals surface area contributed by atoms with E-state index < -0.39 is 49.5 Å². The predicted octanol–water partition coefficient (Wildman–Crippen LogP) is 16.1. The molecule has 0 aromatic rings. The van der Waals surface area contributed by atoms with Gasteiger partial charge in [0.25, 0.3) is 0 Å². The monoisotopic (exact) mass is 1060 g/mol. The molecule has 0 aliphatic carbocycles. The first kappa shape index (κ1) is 70.9. The van der Waals surface area contributed by atoms with E-state index >= 15 is 0 Å². The van der Waals surface area contributed by atoms with Crippen molar-refractivity contribution < 1.29 is 39.8 Å². The number of amides is 1. The molecule has 9 heteroatoms. The number of nitrogens with one attached hydrogen (secondary N) is 1. The topological polar surface area (TPSA) is 149 Å². The Bertz CT molecular complexity index is 1560. The van der Waals surface area contributed by atoms with Gasteiger partial charge in [-0.1, -0.05) is 258 Å². The summed E-state index contributed by atoms with van der Waals surface area (Å²) in [6.07, 6.45) is 74.6. The highest BCUT2D eigenvalue weighted by atomic mass is 16.7. The van der Waals surface area contributed by atoms with Crippen LogP contribution in [0.3, 0.4) is 0 Å². The summed E-state index contributed by atoms with van der Waals surface area (Å²) in [5, 5.41) is 54.5. The van der Waals surface area contributed by atoms with Gasteiger partial charge < -0.3 is 40.3 Å². The van der Waals surface area contributed by atoms with E-state index in [1.807, 2.05) is 6.08 Å². The second-order valence-corrected chi connectivity index (χ2v) is 21.1. The third-order valence-corrected chi connectivity index (χ3v) is 14.1. The van der Waals surface area contributed by atoms with Gasteiger partial charge in [0, 0.05) is 6.42 Å². The minimum absolute atomic E-state index is 0.192. The van der Waals surface area contributed by atoms with Crippen molar-refractivity contribution >= 4 is 5.91 Å². The maximum Gasteiger partial charge on any atom is 0.220 e. The molecule has 1 heterocycles. The summed E-state index contributed by atoms with van der Waals surface area (Å²) in [6, 6.07) is -0.833. The molecule has 9 nitrogen and oxygen atoms in total. The number of carbonyl (C=O) groups is 1. The van der Waals surface area contributed by atoms with Gasteiger partial charge in [-0.05, 0) is 96.3 Å². The van der Waals surface area contributed by atoms with Gasteiger partial charge >= 0.3 is 0 Å². The van der Waals surface area contributed by atoms with Crippen molar-refractivity contribution in [3.05, 3.63) is 109 Å². The third kappa shape index (κ3) is 43.8. The number of allylic oxidation sites excluding steroid dienone is 17. The summed E-state index contributed by atoms with van der Waals surface area (Å²) in [5.41, 5.74) is 0. The summed E-state index contributed by atoms with van der Waals surface area (Å²) in [7, 11) is 0. The molecule has 0 radical (unpaired) electrons. The first-order chi connectivity index (χ1) is 37.3. The lowest BCUT2D eigenvalue weighted by molar-refractivity contribution is -0.302. The summed E-state index contributed by atoms with van der Waals surface area (Å²) >= 11 is 0. The van der Waals surface area contributed by atoms with Crippen molar-refractivity contribution in [2.75, 3.05) is 13.2 Å². The molecule has 7 atom stereocenters. The number of aliphatic hydroxyl groups is 5. The Morgan fingerprint density at radius 1 is 0.461 bits per heavy atom. The van der Waals surface area contributed by atoms with Crippen molar-refractivity contribution in [2.24, 2.45) is 0 Å². The highest BCUT2D eigenvalue weighted by Crippen LogP contribution is 2.23. The molecule has 1 rings (SSSR count). The molecule has 76 heavy (non-hydrogen) atoms. The van der Waals surface area contributed by atoms with Gasteiger partial charge in [-0.15, -0.1) is 0 Å². The van der Waals surface area contributed by atoms with Gasteiger partial charge in [-0.3, -0.25) is 4.79 Å². The number of hydrogen-bond acceptors (Lipinski definition) is 8. The second-order valence-electron chi connectivity index (χ2n) is 21.1. The molecule has 436 valence electrons. The Labute approximate surface area is 466 Å². The van der Waals surface area contributed by atoms with Gasteiger partial charge in [0.2, 0.25) is 5.91 Å². The zero-order valence-electron chi connectivity index (χ0n) is 48.5. The first-order valence-corrected chi connectivity index (χ1v) is 31.1. The van der Waals surface area contributed by atoms with Crippen LogP contribution in [0.4, 0.5) is 0 Å². The number of unbranched alkanes of at least 4 members (excludes halogenated alkanes) is 26. The Hall–Kier alpha value is -3.15. The molecule has 0 aromatic carbocycles. The van der Waals surface area contributed by atoms with E-state index in [0.29, 0.717) is 6.42 Å². The van der Waals surface area contributed by atoms with Crippen LogP contribution in [0.2, 0.25) is 0 Å². The third-order valence-electron chi connectivity index (χ3n) is 14.1. The lowest BCUT2D eigenvalue weighted by atomic mass is 9.99. The van der Waals surface area contributed by atoms with E-state index in [4.69, 9.17) is 9.47 Å². The Morgan fingerprint density at radius 2 is 0.829 bits per heavy atom. The number of hydrogen-bond donors (Lipinski definition) is 6. The molecule has 1 amide bonds. The fraction of sp³-hybridized carbons (Fsp3) is 0.716. The van der Waals surface area contributed by atoms with Gasteiger partial charge in [-0.25, -0.2) is 0 Å². The van der Waals surface area contributed by atoms with Crippen LogP contribution >= 0.6 is 0 Å². The molecule has 1 saturated heterocycles. The zero-order valence-corrected chi connectivity index (χ0v) is 48.5. The normalized spacial score (nSPS) is 19.6. The summed E-state index contributed by atoms with van der Waals surface area (Å²) in [5.74, 6) is -0.192. The van der Waals surface area contributed by atoms with Crippen LogP contribution in [0.15, 0.2) is 109 Å². The van der Waals surface area contributed by atoms with Gasteiger partial charge in [-0.2, -0.15) is 0 Å². The molecule has 0 bridgehead atoms. The van der Waals surface area contributed by atoms with Crippen LogP contribution in [0.5, 0.6) is 0 Å². The Morgan fingerprint density at radius 3 is 1.26 bits per heavy atom. The number of carbonyl (C=O) groups excluding carboxylic acids is 1. The zero-order chi connectivity index (χ0) is 55.0. The van der Waals surface area contributed by atoms with Gasteiger partial charge in [0.05, 0.1) is 25.4 Å². The van der Waals surface area contributed by atoms with Crippen LogP contribution < -0.4 is 5.32 Å². The fourth-order valence-corrected chi connectivity index (χ4v) is 9.19. The maximum absolute atomic E-state index is 13.1. The predicted molar refractivity (Wildman–Crippen MR) is 322 cm³/mol. The Kier molecular flexibility index (Phi) is 51.4. The standard InChI is InChI=1S/C67H115NO8/c1-3-5-7-9-11-13-15-17-19-21-22-23-24-25-26-27-28-29-30-31-32-33-34-35-36-37-38-39-40-41-43-45-47-49-51-53-55-57-63(71)68-60(59-75-67-66(74)65(73)64(72)62(58-69)76-67)61(70)56-54-52-50-48-46-44-42-20-18-16-14-12-10-8-6-4-2/h5,7,11,13,17-20,22-23,25-26,28-29,46,48,54,56,60-62,64-67,69-70,72-74H,3-4,6,8-10,12,14-16,21,24,27,30-45,47,49-53,55,57-59H2,1-2H3,(H,68,71)/b7-5-,13-11-,19-17-,20-18+,23-22-,26-25-,29-28-,48-46+,56-54+. The van der Waals surface area contributed by atoms with E-state index in [-0.39, 0.29) is 12.5 Å². The lowest BCUT2D eigenvalue weighted by Gasteiger charge is -2.40. The molecule has 6 N–H and O–H groups in total. The quantitative estimate of drug-likeness (QED) is 0.0261. The SMILES string of the molecule is CC/C=C\C/C=C\C/C=C\C/C=C\C/C=C\C/C=C\CCCCCCCCCCCCCCCCCCCCC(=O)NC(COC1OC(CO)C(O)C(O)C1O)C(O)/C=C/CC/C=C/CC/C=C/CCCCCCCC. The largest absolute Gasteiger partial charge is 0.394 e. The average Bonchev–Trinajstić information content (AvgIpc) is 3.42. The minimum Gasteiger partial charge on any atom is -0.394 e. The van der Waals surface area contributed by atoms with E-state index in [2.05, 4.69) is 116 Å². The van der Waals surface area contributed by atoms with Crippen molar-refractivity contribution in [1.29, 1.82) is 0 Å². The molecule has 1 aliphatic heterocycles. The second kappa shape index (κ2) is 55.2. The summed E-state index contributed by atoms with van der Waals surface area (Å²) < 4.78 is 11.3. The van der Waals surface area contributed by atoms with E-state index in [1.54, 1.807) is 6.08 Å². The molecule has 0 saturated carbocycles. The van der Waals surface area contributed by atoms with Crippen molar-refractivity contribution in [1.82, 2.24) is 5.32 Å². The highest BCUT2D eigenvalue weighted by molar-refractivity contribution is 5.76. The molecule has 0 aromatic heterocycles. The average molecular weight is 1060 g/mol. The van der Waals surface area contributed by atoms with Crippen LogP contribution in [-0.4, -0.2) is 87.5 Å². The molecule has 0 spiro atoms. The molecule has 7 unspecified atom stereocenters.